The van der Waals surface area contributed by atoms with Crippen molar-refractivity contribution in [1.82, 2.24) is 0 Å². The van der Waals surface area contributed by atoms with Crippen LogP contribution in [0.25, 0.3) is 0 Å². The van der Waals surface area contributed by atoms with Gasteiger partial charge in [-0.1, -0.05) is 39.5 Å². The van der Waals surface area contributed by atoms with Gasteiger partial charge in [0.1, 0.15) is 0 Å². The second-order valence-electron chi connectivity index (χ2n) is 7.21. The van der Waals surface area contributed by atoms with Gasteiger partial charge in [-0.3, -0.25) is 0 Å². The van der Waals surface area contributed by atoms with E-state index in [0.717, 1.165) is 11.8 Å². The average molecular weight is 476 g/mol. The molecule has 0 saturated heterocycles. The quantitative estimate of drug-likeness (QED) is 0.306. The predicted octanol–water partition coefficient (Wildman–Crippen LogP) is 6.91. The second kappa shape index (κ2) is 9.85. The van der Waals surface area contributed by atoms with Crippen molar-refractivity contribution in [2.45, 2.75) is 68.2 Å². The molecular weight excluding hydrogens is 446 g/mol. The van der Waals surface area contributed by atoms with Gasteiger partial charge in [-0.2, -0.15) is 0 Å². The highest BCUT2D eigenvalue weighted by atomic mass is 128. The molecule has 18 heavy (non-hydrogen) atoms. The van der Waals surface area contributed by atoms with Gasteiger partial charge in [-0.25, -0.2) is 0 Å². The van der Waals surface area contributed by atoms with Crippen LogP contribution in [-0.2, 0) is 0 Å². The molecule has 0 spiro atoms. The Balaban J connectivity index is 0. The van der Waals surface area contributed by atoms with Crippen LogP contribution >= 0.6 is 37.2 Å². The summed E-state index contributed by atoms with van der Waals surface area (Å²) in [6.45, 7) is 18.1. The van der Waals surface area contributed by atoms with E-state index in [1.807, 2.05) is 0 Å². The van der Waals surface area contributed by atoms with Crippen molar-refractivity contribution in [1.29, 1.82) is 0 Å². The number of hydrogen-bond acceptors (Lipinski definition) is 0. The molecule has 0 aromatic heterocycles. The van der Waals surface area contributed by atoms with Gasteiger partial charge in [0.25, 0.3) is 0 Å². The molecule has 0 radical (unpaired) electrons. The second-order valence-corrected chi connectivity index (χ2v) is 7.21. The first kappa shape index (κ1) is 21.3. The lowest BCUT2D eigenvalue weighted by molar-refractivity contribution is 0.365. The molecule has 0 unspecified atom stereocenters. The van der Waals surface area contributed by atoms with Crippen LogP contribution in [0.5, 0.6) is 0 Å². The fourth-order valence-corrected chi connectivity index (χ4v) is 2.48. The van der Waals surface area contributed by atoms with Crippen LogP contribution in [0.3, 0.4) is 0 Å². The zero-order valence-electron chi connectivity index (χ0n) is 13.3. The molecule has 0 aromatic carbocycles. The van der Waals surface area contributed by atoms with Crippen LogP contribution in [0.2, 0.25) is 0 Å². The molecule has 0 N–H and O–H groups in total. The molecule has 0 nitrogen and oxygen atoms in total. The van der Waals surface area contributed by atoms with Crippen LogP contribution in [0.1, 0.15) is 68.2 Å². The zero-order valence-corrected chi connectivity index (χ0v) is 17.6. The Labute approximate surface area is 139 Å². The van der Waals surface area contributed by atoms with Crippen LogP contribution in [0, 0.1) is 34.5 Å². The van der Waals surface area contributed by atoms with Crippen LogP contribution in [0.15, 0.2) is 0 Å². The number of hydrogen-bond donors (Lipinski definition) is 0. The van der Waals surface area contributed by atoms with E-state index in [4.69, 9.17) is 0 Å². The SMILES string of the molecule is CC(C)CC(C)(C)C#CC(C)(C)CC(C)C.II. The fraction of sp³-hybridized carbons (Fsp3) is 0.875. The minimum Gasteiger partial charge on any atom is -0.0965 e. The van der Waals surface area contributed by atoms with Crippen molar-refractivity contribution in [2.24, 2.45) is 22.7 Å². The first-order valence-corrected chi connectivity index (χ1v) is 13.0. The van der Waals surface area contributed by atoms with Crippen molar-refractivity contribution >= 4 is 37.2 Å². The fourth-order valence-electron chi connectivity index (χ4n) is 2.48. The minimum atomic E-state index is 0.155. The van der Waals surface area contributed by atoms with E-state index < -0.39 is 0 Å². The zero-order chi connectivity index (χ0) is 15.0. The third-order valence-corrected chi connectivity index (χ3v) is 2.58. The lowest BCUT2D eigenvalue weighted by atomic mass is 9.80. The summed E-state index contributed by atoms with van der Waals surface area (Å²) in [7, 11) is 0. The summed E-state index contributed by atoms with van der Waals surface area (Å²) in [6, 6.07) is 0. The van der Waals surface area contributed by atoms with Crippen LogP contribution < -0.4 is 0 Å². The highest BCUT2D eigenvalue weighted by molar-refractivity contribution is 15.0. The Morgan fingerprint density at radius 3 is 1.11 bits per heavy atom. The molecule has 0 aliphatic heterocycles. The lowest BCUT2D eigenvalue weighted by Crippen LogP contribution is -2.16. The molecule has 0 amide bonds. The van der Waals surface area contributed by atoms with Gasteiger partial charge < -0.3 is 0 Å². The predicted molar refractivity (Wildman–Crippen MR) is 102 cm³/mol. The minimum absolute atomic E-state index is 0.155. The molecule has 0 rings (SSSR count). The highest BCUT2D eigenvalue weighted by Gasteiger charge is 2.20. The van der Waals surface area contributed by atoms with E-state index in [9.17, 15) is 0 Å². The molecule has 0 aliphatic rings. The normalized spacial score (nSPS) is 11.8. The summed E-state index contributed by atoms with van der Waals surface area (Å²) in [6.07, 6.45) is 2.36. The van der Waals surface area contributed by atoms with E-state index in [2.05, 4.69) is 104 Å². The van der Waals surface area contributed by atoms with Crippen LogP contribution in [-0.4, -0.2) is 0 Å². The van der Waals surface area contributed by atoms with Crippen molar-refractivity contribution in [3.05, 3.63) is 0 Å². The van der Waals surface area contributed by atoms with Gasteiger partial charge in [0.2, 0.25) is 0 Å². The molecule has 0 aliphatic carbocycles. The Morgan fingerprint density at radius 2 is 0.944 bits per heavy atom. The van der Waals surface area contributed by atoms with E-state index in [1.54, 1.807) is 0 Å². The molecular formula is C16H30I2. The van der Waals surface area contributed by atoms with Gasteiger partial charge in [0, 0.05) is 48.1 Å². The van der Waals surface area contributed by atoms with Crippen LogP contribution in [0.4, 0.5) is 0 Å². The Bertz CT molecular complexity index is 239. The van der Waals surface area contributed by atoms with E-state index in [1.165, 1.54) is 12.8 Å². The molecule has 0 aromatic rings. The summed E-state index contributed by atoms with van der Waals surface area (Å²) < 4.78 is 0. The molecule has 0 heterocycles. The van der Waals surface area contributed by atoms with Gasteiger partial charge in [-0.05, 0) is 52.4 Å². The summed E-state index contributed by atoms with van der Waals surface area (Å²) in [5.41, 5.74) is 0.310. The maximum absolute atomic E-state index is 3.49. The maximum atomic E-state index is 3.49. The third kappa shape index (κ3) is 13.5. The van der Waals surface area contributed by atoms with Crippen molar-refractivity contribution in [3.63, 3.8) is 0 Å². The number of halogens is 2. The average Bonchev–Trinajstić information content (AvgIpc) is 2.14. The topological polar surface area (TPSA) is 0 Å². The standard InChI is InChI=1S/C16H30.I2/c1-13(2)11-15(5,6)9-10-16(7,8)12-14(3)4;1-2/h13-14H,11-12H2,1-8H3;. The van der Waals surface area contributed by atoms with E-state index in [-0.39, 0.29) is 10.8 Å². The molecule has 0 atom stereocenters. The van der Waals surface area contributed by atoms with Gasteiger partial charge in [0.05, 0.1) is 0 Å². The highest BCUT2D eigenvalue weighted by Crippen LogP contribution is 2.28. The molecule has 0 saturated carbocycles. The van der Waals surface area contributed by atoms with Crippen molar-refractivity contribution in [3.8, 4) is 11.8 Å². The van der Waals surface area contributed by atoms with Gasteiger partial charge in [-0.15, -0.1) is 0 Å². The number of rotatable bonds is 4. The first-order chi connectivity index (χ1) is 8.04. The Hall–Kier alpha value is 1.02. The molecule has 0 fully saturated rings. The van der Waals surface area contributed by atoms with E-state index >= 15 is 0 Å². The molecule has 108 valence electrons. The summed E-state index contributed by atoms with van der Waals surface area (Å²) in [5.74, 6) is 8.41. The summed E-state index contributed by atoms with van der Waals surface area (Å²) in [4.78, 5) is 0. The summed E-state index contributed by atoms with van der Waals surface area (Å²) in [5, 5.41) is 0. The smallest absolute Gasteiger partial charge is 0.0261 e. The third-order valence-electron chi connectivity index (χ3n) is 2.58. The monoisotopic (exact) mass is 476 g/mol. The first-order valence-electron chi connectivity index (χ1n) is 6.73. The summed E-state index contributed by atoms with van der Waals surface area (Å²) >= 11 is 4.24. The van der Waals surface area contributed by atoms with Crippen molar-refractivity contribution < 1.29 is 0 Å². The largest absolute Gasteiger partial charge is 0.0965 e. The Morgan fingerprint density at radius 1 is 0.722 bits per heavy atom. The maximum Gasteiger partial charge on any atom is 0.0261 e. The van der Waals surface area contributed by atoms with E-state index in [0.29, 0.717) is 0 Å². The van der Waals surface area contributed by atoms with Gasteiger partial charge >= 0.3 is 0 Å². The molecule has 2 heteroatoms. The van der Waals surface area contributed by atoms with Crippen molar-refractivity contribution in [2.75, 3.05) is 0 Å². The Kier molecular flexibility index (Phi) is 11.7. The van der Waals surface area contributed by atoms with Gasteiger partial charge in [0.15, 0.2) is 0 Å². The molecule has 0 bridgehead atoms. The lowest BCUT2D eigenvalue weighted by Gasteiger charge is -2.23.